The van der Waals surface area contributed by atoms with Gasteiger partial charge in [-0.3, -0.25) is 0 Å². The van der Waals surface area contributed by atoms with E-state index < -0.39 is 12.1 Å². The van der Waals surface area contributed by atoms with Gasteiger partial charge in [0.05, 0.1) is 20.4 Å². The first kappa shape index (κ1) is 15.3. The molecule has 0 heterocycles. The van der Waals surface area contributed by atoms with Crippen LogP contribution in [-0.2, 0) is 9.53 Å². The van der Waals surface area contributed by atoms with Crippen LogP contribution < -0.4 is 15.3 Å². The second-order valence-electron chi connectivity index (χ2n) is 3.59. The van der Waals surface area contributed by atoms with Crippen LogP contribution in [0.2, 0.25) is 0 Å². The number of esters is 1. The van der Waals surface area contributed by atoms with Crippen LogP contribution in [0.1, 0.15) is 12.5 Å². The molecule has 6 nitrogen and oxygen atoms in total. The highest BCUT2D eigenvalue weighted by atomic mass is 79.9. The lowest BCUT2D eigenvalue weighted by atomic mass is 10.2. The average molecular weight is 331 g/mol. The molecule has 1 rings (SSSR count). The SMILES string of the molecule is COC(=O)C(C)Oc1cc(Br)c(C=NN)cc1OC. The van der Waals surface area contributed by atoms with Crippen molar-refractivity contribution >= 4 is 28.1 Å². The number of nitrogens with two attached hydrogens (primary N) is 1. The van der Waals surface area contributed by atoms with Gasteiger partial charge in [-0.1, -0.05) is 0 Å². The standard InChI is InChI=1S/C12H15BrN2O4/c1-7(12(16)18-3)19-11-5-9(13)8(6-15-14)4-10(11)17-2/h4-7H,14H2,1-3H3. The van der Waals surface area contributed by atoms with E-state index in [1.54, 1.807) is 19.1 Å². The highest BCUT2D eigenvalue weighted by Gasteiger charge is 2.18. The van der Waals surface area contributed by atoms with Gasteiger partial charge in [0, 0.05) is 10.0 Å². The Kier molecular flexibility index (Phi) is 5.62. The molecule has 0 aromatic heterocycles. The van der Waals surface area contributed by atoms with Gasteiger partial charge in [-0.05, 0) is 35.0 Å². The van der Waals surface area contributed by atoms with Crippen LogP contribution in [-0.4, -0.2) is 32.5 Å². The molecule has 0 amide bonds. The number of hydrogen-bond acceptors (Lipinski definition) is 6. The number of hydrogen-bond donors (Lipinski definition) is 1. The van der Waals surface area contributed by atoms with E-state index in [1.807, 2.05) is 0 Å². The third-order valence-corrected chi connectivity index (χ3v) is 3.02. The fourth-order valence-corrected chi connectivity index (χ4v) is 1.81. The summed E-state index contributed by atoms with van der Waals surface area (Å²) in [5.41, 5.74) is 0.734. The van der Waals surface area contributed by atoms with Crippen LogP contribution in [0.25, 0.3) is 0 Å². The van der Waals surface area contributed by atoms with Gasteiger partial charge in [0.1, 0.15) is 0 Å². The van der Waals surface area contributed by atoms with Crippen molar-refractivity contribution in [1.82, 2.24) is 0 Å². The third-order valence-electron chi connectivity index (χ3n) is 2.33. The summed E-state index contributed by atoms with van der Waals surface area (Å²) >= 11 is 3.36. The molecule has 0 bridgehead atoms. The quantitative estimate of drug-likeness (QED) is 0.384. The first-order chi connectivity index (χ1) is 9.03. The molecule has 1 unspecified atom stereocenters. The molecule has 1 atom stereocenters. The number of ether oxygens (including phenoxy) is 3. The fraction of sp³-hybridized carbons (Fsp3) is 0.333. The Morgan fingerprint density at radius 1 is 1.42 bits per heavy atom. The van der Waals surface area contributed by atoms with Crippen molar-refractivity contribution in [2.24, 2.45) is 10.9 Å². The lowest BCUT2D eigenvalue weighted by molar-refractivity contribution is -0.147. The number of nitrogens with zero attached hydrogens (tertiary/aromatic N) is 1. The summed E-state index contributed by atoms with van der Waals surface area (Å²) in [5.74, 6) is 5.53. The molecule has 1 aromatic carbocycles. The molecule has 2 N–H and O–H groups in total. The predicted molar refractivity (Wildman–Crippen MR) is 74.6 cm³/mol. The summed E-state index contributed by atoms with van der Waals surface area (Å²) in [6.07, 6.45) is 0.736. The van der Waals surface area contributed by atoms with Crippen LogP contribution in [0.4, 0.5) is 0 Å². The maximum absolute atomic E-state index is 11.3. The molecule has 19 heavy (non-hydrogen) atoms. The molecule has 0 saturated heterocycles. The first-order valence-corrected chi connectivity index (χ1v) is 6.18. The molecule has 0 radical (unpaired) electrons. The van der Waals surface area contributed by atoms with Gasteiger partial charge in [-0.25, -0.2) is 4.79 Å². The van der Waals surface area contributed by atoms with Crippen LogP contribution in [0.3, 0.4) is 0 Å². The smallest absolute Gasteiger partial charge is 0.346 e. The Labute approximate surface area is 119 Å². The highest BCUT2D eigenvalue weighted by molar-refractivity contribution is 9.10. The maximum Gasteiger partial charge on any atom is 0.346 e. The normalized spacial score (nSPS) is 12.2. The minimum Gasteiger partial charge on any atom is -0.493 e. The first-order valence-electron chi connectivity index (χ1n) is 5.38. The topological polar surface area (TPSA) is 83.1 Å². The Bertz CT molecular complexity index is 491. The summed E-state index contributed by atoms with van der Waals surface area (Å²) < 4.78 is 16.0. The van der Waals surface area contributed by atoms with Crippen LogP contribution in [0, 0.1) is 0 Å². The summed E-state index contributed by atoms with van der Waals surface area (Å²) in [6.45, 7) is 1.59. The van der Waals surface area contributed by atoms with E-state index in [0.717, 1.165) is 10.0 Å². The zero-order valence-corrected chi connectivity index (χ0v) is 12.4. The number of benzene rings is 1. The lowest BCUT2D eigenvalue weighted by Gasteiger charge is -2.16. The second kappa shape index (κ2) is 6.98. The third kappa shape index (κ3) is 3.85. The van der Waals surface area contributed by atoms with E-state index in [-0.39, 0.29) is 0 Å². The van der Waals surface area contributed by atoms with Gasteiger partial charge < -0.3 is 20.1 Å². The largest absolute Gasteiger partial charge is 0.493 e. The van der Waals surface area contributed by atoms with E-state index in [9.17, 15) is 4.79 Å². The Balaban J connectivity index is 3.07. The molecule has 1 aromatic rings. The number of halogens is 1. The van der Waals surface area contributed by atoms with Crippen molar-refractivity contribution in [3.8, 4) is 11.5 Å². The monoisotopic (exact) mass is 330 g/mol. The zero-order chi connectivity index (χ0) is 14.4. The predicted octanol–water partition coefficient (Wildman–Crippen LogP) is 1.69. The number of rotatable bonds is 5. The van der Waals surface area contributed by atoms with Crippen LogP contribution >= 0.6 is 15.9 Å². The van der Waals surface area contributed by atoms with Crippen LogP contribution in [0.15, 0.2) is 21.7 Å². The van der Waals surface area contributed by atoms with Gasteiger partial charge in [0.2, 0.25) is 0 Å². The number of carbonyl (C=O) groups is 1. The zero-order valence-electron chi connectivity index (χ0n) is 10.8. The van der Waals surface area contributed by atoms with Gasteiger partial charge in [0.15, 0.2) is 17.6 Å². The van der Waals surface area contributed by atoms with Gasteiger partial charge >= 0.3 is 5.97 Å². The van der Waals surface area contributed by atoms with Crippen molar-refractivity contribution in [3.63, 3.8) is 0 Å². The number of methoxy groups -OCH3 is 2. The van der Waals surface area contributed by atoms with Crippen molar-refractivity contribution < 1.29 is 19.0 Å². The molecular formula is C12H15BrN2O4. The van der Waals surface area contributed by atoms with E-state index in [1.165, 1.54) is 20.4 Å². The number of carbonyl (C=O) groups excluding carboxylic acids is 1. The van der Waals surface area contributed by atoms with Crippen molar-refractivity contribution in [2.45, 2.75) is 13.0 Å². The van der Waals surface area contributed by atoms with E-state index >= 15 is 0 Å². The van der Waals surface area contributed by atoms with E-state index in [2.05, 4.69) is 25.8 Å². The lowest BCUT2D eigenvalue weighted by Crippen LogP contribution is -2.25. The number of hydrazone groups is 1. The maximum atomic E-state index is 11.3. The van der Waals surface area contributed by atoms with Gasteiger partial charge in [-0.15, -0.1) is 0 Å². The highest BCUT2D eigenvalue weighted by Crippen LogP contribution is 2.33. The van der Waals surface area contributed by atoms with Gasteiger partial charge in [0.25, 0.3) is 0 Å². The Morgan fingerprint density at radius 2 is 2.11 bits per heavy atom. The van der Waals surface area contributed by atoms with Crippen molar-refractivity contribution in [2.75, 3.05) is 14.2 Å². The summed E-state index contributed by atoms with van der Waals surface area (Å²) in [5, 5.41) is 3.45. The Hall–Kier alpha value is -1.76. The summed E-state index contributed by atoms with van der Waals surface area (Å²) in [7, 11) is 2.80. The van der Waals surface area contributed by atoms with Crippen LogP contribution in [0.5, 0.6) is 11.5 Å². The van der Waals surface area contributed by atoms with E-state index in [4.69, 9.17) is 15.3 Å². The summed E-state index contributed by atoms with van der Waals surface area (Å²) in [6, 6.07) is 3.37. The Morgan fingerprint density at radius 3 is 2.63 bits per heavy atom. The molecule has 0 aliphatic rings. The van der Waals surface area contributed by atoms with Crippen molar-refractivity contribution in [1.29, 1.82) is 0 Å². The molecule has 7 heteroatoms. The van der Waals surface area contributed by atoms with Crippen molar-refractivity contribution in [3.05, 3.63) is 22.2 Å². The summed E-state index contributed by atoms with van der Waals surface area (Å²) in [4.78, 5) is 11.3. The molecule has 0 fully saturated rings. The molecule has 0 saturated carbocycles. The molecular weight excluding hydrogens is 316 g/mol. The average Bonchev–Trinajstić information content (AvgIpc) is 2.40. The molecule has 0 aliphatic carbocycles. The molecule has 0 aliphatic heterocycles. The van der Waals surface area contributed by atoms with Gasteiger partial charge in [-0.2, -0.15) is 5.10 Å². The fourth-order valence-electron chi connectivity index (χ4n) is 1.39. The molecule has 0 spiro atoms. The molecule has 104 valence electrons. The minimum atomic E-state index is -0.736. The van der Waals surface area contributed by atoms with E-state index in [0.29, 0.717) is 11.5 Å². The minimum absolute atomic E-state index is 0.418. The second-order valence-corrected chi connectivity index (χ2v) is 4.44.